The maximum Gasteiger partial charge on any atom is 0.0624 e. The second-order valence-electron chi connectivity index (χ2n) is 3.73. The number of piperidine rings is 1. The van der Waals surface area contributed by atoms with E-state index in [9.17, 15) is 0 Å². The molecule has 2 heterocycles. The van der Waals surface area contributed by atoms with Crippen molar-refractivity contribution in [2.24, 2.45) is 11.1 Å². The maximum absolute atomic E-state index is 5.99. The van der Waals surface area contributed by atoms with Crippen molar-refractivity contribution < 1.29 is 4.74 Å². The van der Waals surface area contributed by atoms with Gasteiger partial charge in [0.05, 0.1) is 13.2 Å². The van der Waals surface area contributed by atoms with Gasteiger partial charge in [-0.1, -0.05) is 0 Å². The van der Waals surface area contributed by atoms with Crippen molar-refractivity contribution in [3.05, 3.63) is 0 Å². The Morgan fingerprint density at radius 1 is 1.36 bits per heavy atom. The second kappa shape index (κ2) is 2.73. The Bertz CT molecular complexity index is 143. The van der Waals surface area contributed by atoms with Crippen molar-refractivity contribution >= 4 is 0 Å². The van der Waals surface area contributed by atoms with E-state index in [2.05, 4.69) is 5.32 Å². The third-order valence-electron chi connectivity index (χ3n) is 3.07. The molecular formula is C8H16N2O. The second-order valence-corrected chi connectivity index (χ2v) is 3.73. The summed E-state index contributed by atoms with van der Waals surface area (Å²) >= 11 is 0. The highest BCUT2D eigenvalue weighted by Gasteiger charge is 2.42. The van der Waals surface area contributed by atoms with E-state index in [4.69, 9.17) is 10.5 Å². The van der Waals surface area contributed by atoms with Crippen molar-refractivity contribution in [3.63, 3.8) is 0 Å². The molecule has 2 aliphatic rings. The fourth-order valence-electron chi connectivity index (χ4n) is 2.11. The quantitative estimate of drug-likeness (QED) is 0.507. The van der Waals surface area contributed by atoms with Crippen LogP contribution < -0.4 is 11.1 Å². The summed E-state index contributed by atoms with van der Waals surface area (Å²) < 4.78 is 5.40. The SMILES string of the molecule is N[C@@H]1COCC12CCNCC2. The van der Waals surface area contributed by atoms with Crippen molar-refractivity contribution in [1.82, 2.24) is 5.32 Å². The van der Waals surface area contributed by atoms with E-state index in [0.717, 1.165) is 26.3 Å². The van der Waals surface area contributed by atoms with Gasteiger partial charge >= 0.3 is 0 Å². The van der Waals surface area contributed by atoms with Crippen LogP contribution in [0, 0.1) is 5.41 Å². The molecule has 3 heteroatoms. The number of nitrogens with one attached hydrogen (secondary N) is 1. The number of rotatable bonds is 0. The number of hydrogen-bond acceptors (Lipinski definition) is 3. The highest BCUT2D eigenvalue weighted by Crippen LogP contribution is 2.36. The van der Waals surface area contributed by atoms with Gasteiger partial charge in [0.2, 0.25) is 0 Å². The average Bonchev–Trinajstić information content (AvgIpc) is 2.36. The van der Waals surface area contributed by atoms with Gasteiger partial charge in [0.15, 0.2) is 0 Å². The van der Waals surface area contributed by atoms with Gasteiger partial charge in [-0.3, -0.25) is 0 Å². The Hall–Kier alpha value is -0.120. The molecule has 2 saturated heterocycles. The first-order valence-corrected chi connectivity index (χ1v) is 4.38. The molecule has 1 spiro atoms. The minimum atomic E-state index is 0.282. The van der Waals surface area contributed by atoms with Gasteiger partial charge in [0.1, 0.15) is 0 Å². The highest BCUT2D eigenvalue weighted by atomic mass is 16.5. The molecule has 0 aromatic carbocycles. The fraction of sp³-hybridized carbons (Fsp3) is 1.00. The van der Waals surface area contributed by atoms with E-state index < -0.39 is 0 Å². The lowest BCUT2D eigenvalue weighted by Gasteiger charge is -2.35. The first kappa shape index (κ1) is 7.53. The molecule has 0 unspecified atom stereocenters. The molecule has 3 nitrogen and oxygen atoms in total. The normalized spacial score (nSPS) is 36.3. The van der Waals surface area contributed by atoms with Crippen LogP contribution >= 0.6 is 0 Å². The highest BCUT2D eigenvalue weighted by molar-refractivity contribution is 4.96. The molecule has 64 valence electrons. The summed E-state index contributed by atoms with van der Waals surface area (Å²) in [4.78, 5) is 0. The third-order valence-corrected chi connectivity index (χ3v) is 3.07. The first-order valence-electron chi connectivity index (χ1n) is 4.38. The Kier molecular flexibility index (Phi) is 1.87. The molecule has 0 radical (unpaired) electrons. The van der Waals surface area contributed by atoms with Crippen LogP contribution in [0.25, 0.3) is 0 Å². The standard InChI is InChI=1S/C8H16N2O/c9-7-5-11-6-8(7)1-3-10-4-2-8/h7,10H,1-6,9H2/t7-/m1/s1. The van der Waals surface area contributed by atoms with Gasteiger partial charge in [-0.25, -0.2) is 0 Å². The van der Waals surface area contributed by atoms with Crippen LogP contribution in [-0.2, 0) is 4.74 Å². The van der Waals surface area contributed by atoms with E-state index >= 15 is 0 Å². The predicted molar refractivity (Wildman–Crippen MR) is 43.3 cm³/mol. The minimum Gasteiger partial charge on any atom is -0.379 e. The third kappa shape index (κ3) is 1.17. The molecule has 0 saturated carbocycles. The maximum atomic E-state index is 5.99. The number of ether oxygens (including phenoxy) is 1. The lowest BCUT2D eigenvalue weighted by molar-refractivity contribution is 0.126. The largest absolute Gasteiger partial charge is 0.379 e. The Balaban J connectivity index is 2.06. The summed E-state index contributed by atoms with van der Waals surface area (Å²) in [7, 11) is 0. The topological polar surface area (TPSA) is 47.3 Å². The van der Waals surface area contributed by atoms with Crippen LogP contribution in [0.3, 0.4) is 0 Å². The molecule has 2 aliphatic heterocycles. The summed E-state index contributed by atoms with van der Waals surface area (Å²) in [6.07, 6.45) is 2.38. The van der Waals surface area contributed by atoms with Gasteiger partial charge in [-0.2, -0.15) is 0 Å². The van der Waals surface area contributed by atoms with Gasteiger partial charge in [-0.15, -0.1) is 0 Å². The van der Waals surface area contributed by atoms with Crippen LogP contribution in [0.1, 0.15) is 12.8 Å². The van der Waals surface area contributed by atoms with Crippen molar-refractivity contribution in [3.8, 4) is 0 Å². The summed E-state index contributed by atoms with van der Waals surface area (Å²) in [6.45, 7) is 3.87. The monoisotopic (exact) mass is 156 g/mol. The van der Waals surface area contributed by atoms with Gasteiger partial charge < -0.3 is 15.8 Å². The van der Waals surface area contributed by atoms with Crippen LogP contribution in [0.15, 0.2) is 0 Å². The zero-order valence-corrected chi connectivity index (χ0v) is 6.81. The van der Waals surface area contributed by atoms with Gasteiger partial charge in [-0.05, 0) is 25.9 Å². The van der Waals surface area contributed by atoms with Crippen LogP contribution in [-0.4, -0.2) is 32.3 Å². The molecule has 0 aromatic rings. The fourth-order valence-corrected chi connectivity index (χ4v) is 2.11. The molecule has 0 bridgehead atoms. The molecule has 0 aromatic heterocycles. The van der Waals surface area contributed by atoms with E-state index in [-0.39, 0.29) is 6.04 Å². The number of hydrogen-bond donors (Lipinski definition) is 2. The predicted octanol–water partition coefficient (Wildman–Crippen LogP) is -0.286. The van der Waals surface area contributed by atoms with Gasteiger partial charge in [0, 0.05) is 11.5 Å². The van der Waals surface area contributed by atoms with Crippen LogP contribution in [0.5, 0.6) is 0 Å². The van der Waals surface area contributed by atoms with E-state index in [1.165, 1.54) is 12.8 Å². The van der Waals surface area contributed by atoms with Crippen molar-refractivity contribution in [2.75, 3.05) is 26.3 Å². The molecule has 0 amide bonds. The minimum absolute atomic E-state index is 0.282. The molecule has 2 rings (SSSR count). The Morgan fingerprint density at radius 2 is 2.09 bits per heavy atom. The average molecular weight is 156 g/mol. The van der Waals surface area contributed by atoms with Crippen LogP contribution in [0.4, 0.5) is 0 Å². The Labute approximate surface area is 67.3 Å². The summed E-state index contributed by atoms with van der Waals surface area (Å²) in [5.41, 5.74) is 6.32. The van der Waals surface area contributed by atoms with E-state index in [0.29, 0.717) is 5.41 Å². The lowest BCUT2D eigenvalue weighted by Crippen LogP contribution is -2.47. The van der Waals surface area contributed by atoms with Crippen LogP contribution in [0.2, 0.25) is 0 Å². The summed E-state index contributed by atoms with van der Waals surface area (Å²) in [5, 5.41) is 3.35. The van der Waals surface area contributed by atoms with Gasteiger partial charge in [0.25, 0.3) is 0 Å². The molecular weight excluding hydrogens is 140 g/mol. The summed E-state index contributed by atoms with van der Waals surface area (Å²) in [5.74, 6) is 0. The molecule has 3 N–H and O–H groups in total. The zero-order valence-electron chi connectivity index (χ0n) is 6.81. The first-order chi connectivity index (χ1) is 5.33. The molecule has 0 aliphatic carbocycles. The molecule has 1 atom stereocenters. The van der Waals surface area contributed by atoms with E-state index in [1.54, 1.807) is 0 Å². The molecule has 2 fully saturated rings. The lowest BCUT2D eigenvalue weighted by atomic mass is 9.75. The van der Waals surface area contributed by atoms with E-state index in [1.807, 2.05) is 0 Å². The molecule has 11 heavy (non-hydrogen) atoms. The summed E-state index contributed by atoms with van der Waals surface area (Å²) in [6, 6.07) is 0.282. The zero-order chi connectivity index (χ0) is 7.73. The number of nitrogens with two attached hydrogens (primary N) is 1. The Morgan fingerprint density at radius 3 is 2.64 bits per heavy atom. The smallest absolute Gasteiger partial charge is 0.0624 e. The van der Waals surface area contributed by atoms with Crippen molar-refractivity contribution in [2.45, 2.75) is 18.9 Å². The van der Waals surface area contributed by atoms with Crippen molar-refractivity contribution in [1.29, 1.82) is 0 Å².